The van der Waals surface area contributed by atoms with Crippen molar-refractivity contribution >= 4 is 5.91 Å². The monoisotopic (exact) mass is 478 g/mol. The highest BCUT2D eigenvalue weighted by atomic mass is 16.1. The molecule has 1 amide bonds. The molecule has 2 aromatic carbocycles. The first-order chi connectivity index (χ1) is 16.9. The van der Waals surface area contributed by atoms with Crippen LogP contribution in [0.3, 0.4) is 0 Å². The quantitative estimate of drug-likeness (QED) is 0.591. The lowest BCUT2D eigenvalue weighted by Crippen LogP contribution is -2.54. The van der Waals surface area contributed by atoms with Crippen LogP contribution in [0.2, 0.25) is 0 Å². The number of nitrogens with one attached hydrogen (secondary N) is 1. The molecule has 2 aromatic rings. The SMILES string of the molecule is CCC1(N)CCN(Cc2ccccc2)CC1.CCC1(NC(C)=O)CCN(Cc2ccccc2)CC1. The number of benzene rings is 2. The minimum absolute atomic E-state index is 0.0268. The lowest BCUT2D eigenvalue weighted by molar-refractivity contribution is -0.121. The standard InChI is InChI=1S/C16H24N2O.C14H22N2/c1-3-16(17-14(2)19)9-11-18(12-10-16)13-15-7-5-4-6-8-15;1-2-14(15)8-10-16(11-9-14)12-13-6-4-3-5-7-13/h4-8H,3,9-13H2,1-2H3,(H,17,19);3-7H,2,8-12,15H2,1H3. The third-order valence-electron chi connectivity index (χ3n) is 7.99. The molecule has 2 aliphatic heterocycles. The van der Waals surface area contributed by atoms with Crippen LogP contribution in [0, 0.1) is 0 Å². The smallest absolute Gasteiger partial charge is 0.217 e. The van der Waals surface area contributed by atoms with Gasteiger partial charge in [-0.05, 0) is 49.7 Å². The van der Waals surface area contributed by atoms with Crippen molar-refractivity contribution in [3.63, 3.8) is 0 Å². The molecule has 3 N–H and O–H groups in total. The van der Waals surface area contributed by atoms with E-state index < -0.39 is 0 Å². The summed E-state index contributed by atoms with van der Waals surface area (Å²) in [7, 11) is 0. The molecule has 192 valence electrons. The van der Waals surface area contributed by atoms with Crippen LogP contribution in [0.4, 0.5) is 0 Å². The van der Waals surface area contributed by atoms with E-state index in [0.29, 0.717) is 0 Å². The Balaban J connectivity index is 0.000000198. The Morgan fingerprint density at radius 2 is 1.20 bits per heavy atom. The van der Waals surface area contributed by atoms with Crippen LogP contribution in [0.5, 0.6) is 0 Å². The van der Waals surface area contributed by atoms with Gasteiger partial charge in [0.05, 0.1) is 0 Å². The van der Waals surface area contributed by atoms with Crippen LogP contribution in [0.1, 0.15) is 70.4 Å². The number of piperidine rings is 2. The van der Waals surface area contributed by atoms with E-state index in [1.54, 1.807) is 6.92 Å². The second-order valence-electron chi connectivity index (χ2n) is 10.6. The predicted molar refractivity (Wildman–Crippen MR) is 146 cm³/mol. The van der Waals surface area contributed by atoms with Gasteiger partial charge in [-0.1, -0.05) is 74.5 Å². The molecule has 5 nitrogen and oxygen atoms in total. The fourth-order valence-electron chi connectivity index (χ4n) is 5.27. The zero-order chi connectivity index (χ0) is 25.2. The molecular weight excluding hydrogens is 432 g/mol. The number of hydrogen-bond donors (Lipinski definition) is 2. The fourth-order valence-corrected chi connectivity index (χ4v) is 5.27. The molecule has 2 aliphatic rings. The average molecular weight is 479 g/mol. The topological polar surface area (TPSA) is 61.6 Å². The molecule has 35 heavy (non-hydrogen) atoms. The molecule has 0 bridgehead atoms. The first-order valence-corrected chi connectivity index (χ1v) is 13.5. The van der Waals surface area contributed by atoms with E-state index in [1.807, 2.05) is 0 Å². The van der Waals surface area contributed by atoms with Gasteiger partial charge in [0.2, 0.25) is 5.91 Å². The van der Waals surface area contributed by atoms with Crippen molar-refractivity contribution in [2.45, 2.75) is 83.5 Å². The van der Waals surface area contributed by atoms with Crippen molar-refractivity contribution in [1.82, 2.24) is 15.1 Å². The Morgan fingerprint density at radius 1 is 0.771 bits per heavy atom. The van der Waals surface area contributed by atoms with Gasteiger partial charge in [-0.3, -0.25) is 14.6 Å². The Bertz CT molecular complexity index is 870. The van der Waals surface area contributed by atoms with E-state index in [1.165, 1.54) is 11.1 Å². The molecule has 2 heterocycles. The van der Waals surface area contributed by atoms with E-state index in [0.717, 1.165) is 77.8 Å². The van der Waals surface area contributed by atoms with Crippen molar-refractivity contribution in [3.05, 3.63) is 71.8 Å². The van der Waals surface area contributed by atoms with E-state index in [4.69, 9.17) is 5.73 Å². The van der Waals surface area contributed by atoms with Crippen LogP contribution < -0.4 is 11.1 Å². The summed E-state index contributed by atoms with van der Waals surface area (Å²) in [5, 5.41) is 3.16. The van der Waals surface area contributed by atoms with Gasteiger partial charge in [0.25, 0.3) is 0 Å². The van der Waals surface area contributed by atoms with E-state index >= 15 is 0 Å². The van der Waals surface area contributed by atoms with Gasteiger partial charge >= 0.3 is 0 Å². The van der Waals surface area contributed by atoms with Crippen LogP contribution in [-0.2, 0) is 17.9 Å². The summed E-state index contributed by atoms with van der Waals surface area (Å²) in [5.41, 5.74) is 9.19. The average Bonchev–Trinajstić information content (AvgIpc) is 2.88. The third-order valence-corrected chi connectivity index (χ3v) is 7.99. The maximum absolute atomic E-state index is 11.3. The first kappa shape index (κ1) is 27.4. The van der Waals surface area contributed by atoms with Crippen molar-refractivity contribution in [3.8, 4) is 0 Å². The van der Waals surface area contributed by atoms with Crippen LogP contribution in [0.25, 0.3) is 0 Å². The summed E-state index contributed by atoms with van der Waals surface area (Å²) in [6.07, 6.45) is 6.50. The van der Waals surface area contributed by atoms with Crippen LogP contribution >= 0.6 is 0 Å². The molecule has 0 atom stereocenters. The van der Waals surface area contributed by atoms with Gasteiger partial charge in [0.15, 0.2) is 0 Å². The number of hydrogen-bond acceptors (Lipinski definition) is 4. The highest BCUT2D eigenvalue weighted by Crippen LogP contribution is 2.26. The van der Waals surface area contributed by atoms with Crippen molar-refractivity contribution in [1.29, 1.82) is 0 Å². The Labute approximate surface area is 213 Å². The lowest BCUT2D eigenvalue weighted by Gasteiger charge is -2.41. The first-order valence-electron chi connectivity index (χ1n) is 13.5. The molecule has 0 saturated carbocycles. The summed E-state index contributed by atoms with van der Waals surface area (Å²) in [5.74, 6) is 0.0957. The van der Waals surface area contributed by atoms with Crippen molar-refractivity contribution < 1.29 is 4.79 Å². The van der Waals surface area contributed by atoms with Gasteiger partial charge < -0.3 is 11.1 Å². The summed E-state index contributed by atoms with van der Waals surface area (Å²) in [4.78, 5) is 16.3. The van der Waals surface area contributed by atoms with Gasteiger partial charge in [-0.15, -0.1) is 0 Å². The number of nitrogens with two attached hydrogens (primary N) is 1. The Hall–Kier alpha value is -2.21. The molecule has 5 heteroatoms. The minimum Gasteiger partial charge on any atom is -0.351 e. The molecule has 0 aromatic heterocycles. The third kappa shape index (κ3) is 8.75. The van der Waals surface area contributed by atoms with E-state index in [9.17, 15) is 4.79 Å². The zero-order valence-corrected chi connectivity index (χ0v) is 22.1. The number of carbonyl (C=O) groups is 1. The van der Waals surface area contributed by atoms with Gasteiger partial charge in [0.1, 0.15) is 0 Å². The molecule has 2 fully saturated rings. The second kappa shape index (κ2) is 13.2. The molecule has 0 unspecified atom stereocenters. The minimum atomic E-state index is 0.0268. The normalized spacial score (nSPS) is 19.9. The summed E-state index contributed by atoms with van der Waals surface area (Å²) in [6.45, 7) is 12.5. The largest absolute Gasteiger partial charge is 0.351 e. The molecule has 4 rings (SSSR count). The second-order valence-corrected chi connectivity index (χ2v) is 10.6. The van der Waals surface area contributed by atoms with Crippen molar-refractivity contribution in [2.75, 3.05) is 26.2 Å². The predicted octanol–water partition coefficient (Wildman–Crippen LogP) is 4.96. The zero-order valence-electron chi connectivity index (χ0n) is 22.1. The Kier molecular flexibility index (Phi) is 10.3. The van der Waals surface area contributed by atoms with Gasteiger partial charge in [-0.25, -0.2) is 0 Å². The number of likely N-dealkylation sites (tertiary alicyclic amines) is 2. The fraction of sp³-hybridized carbons (Fsp3) is 0.567. The van der Waals surface area contributed by atoms with Gasteiger partial charge in [-0.2, -0.15) is 0 Å². The summed E-state index contributed by atoms with van der Waals surface area (Å²) < 4.78 is 0. The van der Waals surface area contributed by atoms with Gasteiger partial charge in [0, 0.05) is 57.3 Å². The Morgan fingerprint density at radius 3 is 1.57 bits per heavy atom. The molecule has 0 spiro atoms. The number of carbonyl (C=O) groups excluding carboxylic acids is 1. The molecular formula is C30H46N4O. The molecule has 0 aliphatic carbocycles. The summed E-state index contributed by atoms with van der Waals surface area (Å²) in [6, 6.07) is 21.3. The number of nitrogens with zero attached hydrogens (tertiary/aromatic N) is 2. The van der Waals surface area contributed by atoms with E-state index in [-0.39, 0.29) is 17.0 Å². The maximum atomic E-state index is 11.3. The van der Waals surface area contributed by atoms with E-state index in [2.05, 4.69) is 89.6 Å². The molecule has 2 saturated heterocycles. The highest BCUT2D eigenvalue weighted by Gasteiger charge is 2.33. The highest BCUT2D eigenvalue weighted by molar-refractivity contribution is 5.73. The van der Waals surface area contributed by atoms with Crippen LogP contribution in [0.15, 0.2) is 60.7 Å². The number of amides is 1. The molecule has 0 radical (unpaired) electrons. The van der Waals surface area contributed by atoms with Crippen molar-refractivity contribution in [2.24, 2.45) is 5.73 Å². The summed E-state index contributed by atoms with van der Waals surface area (Å²) >= 11 is 0. The number of rotatable bonds is 7. The van der Waals surface area contributed by atoms with Crippen LogP contribution in [-0.4, -0.2) is 53.0 Å². The maximum Gasteiger partial charge on any atom is 0.217 e. The lowest BCUT2D eigenvalue weighted by atomic mass is 9.84.